The number of aliphatic hydroxyl groups is 1. The molecule has 0 fully saturated rings. The maximum atomic E-state index is 12.6. The van der Waals surface area contributed by atoms with Gasteiger partial charge in [-0.05, 0) is 32.0 Å². The second-order valence-corrected chi connectivity index (χ2v) is 5.77. The summed E-state index contributed by atoms with van der Waals surface area (Å²) in [5.41, 5.74) is 0.459. The summed E-state index contributed by atoms with van der Waals surface area (Å²) >= 11 is 0. The molecule has 1 amide bonds. The summed E-state index contributed by atoms with van der Waals surface area (Å²) in [5, 5.41) is 16.1. The molecule has 0 radical (unpaired) electrons. The van der Waals surface area contributed by atoms with E-state index in [4.69, 9.17) is 9.26 Å². The minimum Gasteiger partial charge on any atom is -0.491 e. The van der Waals surface area contributed by atoms with E-state index < -0.39 is 17.8 Å². The van der Waals surface area contributed by atoms with Gasteiger partial charge in [0.1, 0.15) is 24.2 Å². The number of aryl methyl sites for hydroxylation is 2. The van der Waals surface area contributed by atoms with E-state index in [0.717, 1.165) is 12.1 Å². The van der Waals surface area contributed by atoms with E-state index in [9.17, 15) is 23.1 Å². The average molecular weight is 372 g/mol. The fourth-order valence-electron chi connectivity index (χ4n) is 2.22. The average Bonchev–Trinajstić information content (AvgIpc) is 2.89. The van der Waals surface area contributed by atoms with Crippen LogP contribution >= 0.6 is 0 Å². The number of ether oxygens (including phenoxy) is 1. The second kappa shape index (κ2) is 8.22. The minimum absolute atomic E-state index is 0.0130. The van der Waals surface area contributed by atoms with Crippen molar-refractivity contribution in [3.05, 3.63) is 46.8 Å². The maximum absolute atomic E-state index is 12.6. The fourth-order valence-corrected chi connectivity index (χ4v) is 2.22. The molecule has 6 nitrogen and oxygen atoms in total. The van der Waals surface area contributed by atoms with E-state index in [-0.39, 0.29) is 31.2 Å². The van der Waals surface area contributed by atoms with Crippen molar-refractivity contribution in [2.45, 2.75) is 32.5 Å². The first kappa shape index (κ1) is 19.8. The van der Waals surface area contributed by atoms with Crippen molar-refractivity contribution >= 4 is 5.91 Å². The molecule has 0 aliphatic heterocycles. The third-order valence-electron chi connectivity index (χ3n) is 3.66. The number of carbonyl (C=O) groups is 1. The van der Waals surface area contributed by atoms with E-state index in [1.165, 1.54) is 12.1 Å². The quantitative estimate of drug-likeness (QED) is 0.780. The number of hydrogen-bond acceptors (Lipinski definition) is 5. The van der Waals surface area contributed by atoms with Gasteiger partial charge in [0.05, 0.1) is 17.7 Å². The van der Waals surface area contributed by atoms with Gasteiger partial charge in [-0.1, -0.05) is 11.2 Å². The molecule has 0 aliphatic carbocycles. The Hall–Kier alpha value is -2.55. The first-order valence-electron chi connectivity index (χ1n) is 7.83. The van der Waals surface area contributed by atoms with E-state index in [2.05, 4.69) is 10.5 Å². The monoisotopic (exact) mass is 372 g/mol. The highest BCUT2D eigenvalue weighted by molar-refractivity contribution is 5.79. The van der Waals surface area contributed by atoms with Crippen LogP contribution in [0.15, 0.2) is 28.8 Å². The summed E-state index contributed by atoms with van der Waals surface area (Å²) in [6.45, 7) is 3.06. The number of nitrogens with zero attached hydrogens (tertiary/aromatic N) is 1. The van der Waals surface area contributed by atoms with Gasteiger partial charge in [-0.2, -0.15) is 13.2 Å². The van der Waals surface area contributed by atoms with Crippen LogP contribution in [0.25, 0.3) is 0 Å². The minimum atomic E-state index is -4.47. The Morgan fingerprint density at radius 2 is 2.12 bits per heavy atom. The number of benzene rings is 1. The van der Waals surface area contributed by atoms with Crippen LogP contribution in [-0.4, -0.2) is 35.4 Å². The molecule has 0 unspecified atom stereocenters. The lowest BCUT2D eigenvalue weighted by Gasteiger charge is -2.14. The van der Waals surface area contributed by atoms with Crippen molar-refractivity contribution in [2.24, 2.45) is 0 Å². The lowest BCUT2D eigenvalue weighted by atomic mass is 10.1. The van der Waals surface area contributed by atoms with Gasteiger partial charge >= 0.3 is 6.18 Å². The zero-order valence-corrected chi connectivity index (χ0v) is 14.3. The Bertz CT molecular complexity index is 739. The van der Waals surface area contributed by atoms with Gasteiger partial charge < -0.3 is 19.7 Å². The fraction of sp³-hybridized carbons (Fsp3) is 0.412. The number of rotatable bonds is 7. The van der Waals surface area contributed by atoms with Crippen LogP contribution < -0.4 is 10.1 Å². The molecular weight excluding hydrogens is 353 g/mol. The van der Waals surface area contributed by atoms with Gasteiger partial charge in [0.25, 0.3) is 0 Å². The van der Waals surface area contributed by atoms with E-state index >= 15 is 0 Å². The molecule has 2 rings (SSSR count). The summed E-state index contributed by atoms with van der Waals surface area (Å²) in [4.78, 5) is 11.9. The van der Waals surface area contributed by atoms with Crippen LogP contribution in [0.3, 0.4) is 0 Å². The molecule has 2 N–H and O–H groups in total. The Balaban J connectivity index is 1.79. The number of nitrogens with one attached hydrogen (secondary N) is 1. The molecule has 1 aromatic heterocycles. The molecule has 9 heteroatoms. The van der Waals surface area contributed by atoms with Crippen LogP contribution in [0.5, 0.6) is 5.75 Å². The summed E-state index contributed by atoms with van der Waals surface area (Å²) < 4.78 is 48.0. The molecule has 1 atom stereocenters. The lowest BCUT2D eigenvalue weighted by molar-refractivity contribution is -0.137. The summed E-state index contributed by atoms with van der Waals surface area (Å²) in [6, 6.07) is 4.36. The maximum Gasteiger partial charge on any atom is 0.416 e. The van der Waals surface area contributed by atoms with Crippen molar-refractivity contribution in [2.75, 3.05) is 13.2 Å². The number of carbonyl (C=O) groups excluding carboxylic acids is 1. The molecule has 0 aliphatic rings. The van der Waals surface area contributed by atoms with Gasteiger partial charge in [-0.3, -0.25) is 4.79 Å². The van der Waals surface area contributed by atoms with Crippen molar-refractivity contribution in [1.29, 1.82) is 0 Å². The predicted octanol–water partition coefficient (Wildman–Crippen LogP) is 2.41. The highest BCUT2D eigenvalue weighted by Crippen LogP contribution is 2.31. The molecule has 0 spiro atoms. The standard InChI is InChI=1S/C17H19F3N2O4/c1-10-15(11(2)26-22-10)7-16(24)21-8-13(23)9-25-14-5-3-4-12(6-14)17(18,19)20/h3-6,13,23H,7-9H2,1-2H3,(H,21,24)/t13-/m0/s1. The number of aliphatic hydroxyl groups excluding tert-OH is 1. The Morgan fingerprint density at radius 3 is 2.73 bits per heavy atom. The van der Waals surface area contributed by atoms with E-state index in [0.29, 0.717) is 17.0 Å². The van der Waals surface area contributed by atoms with E-state index in [1.54, 1.807) is 13.8 Å². The highest BCUT2D eigenvalue weighted by Gasteiger charge is 2.30. The van der Waals surface area contributed by atoms with Crippen molar-refractivity contribution in [1.82, 2.24) is 10.5 Å². The Morgan fingerprint density at radius 1 is 1.38 bits per heavy atom. The SMILES string of the molecule is Cc1noc(C)c1CC(=O)NC[C@H](O)COc1cccc(C(F)(F)F)c1. The number of aromatic nitrogens is 1. The highest BCUT2D eigenvalue weighted by atomic mass is 19.4. The molecule has 0 saturated heterocycles. The van der Waals surface area contributed by atoms with Crippen LogP contribution in [0.2, 0.25) is 0 Å². The van der Waals surface area contributed by atoms with Gasteiger partial charge in [0, 0.05) is 12.1 Å². The number of amides is 1. The first-order valence-corrected chi connectivity index (χ1v) is 7.83. The van der Waals surface area contributed by atoms with Crippen LogP contribution in [-0.2, 0) is 17.4 Å². The molecule has 142 valence electrons. The molecule has 26 heavy (non-hydrogen) atoms. The largest absolute Gasteiger partial charge is 0.491 e. The van der Waals surface area contributed by atoms with Crippen molar-refractivity contribution in [3.8, 4) is 5.75 Å². The predicted molar refractivity (Wildman–Crippen MR) is 85.6 cm³/mol. The van der Waals surface area contributed by atoms with Gasteiger partial charge in [0.15, 0.2) is 0 Å². The number of halogens is 3. The molecular formula is C17H19F3N2O4. The summed E-state index contributed by atoms with van der Waals surface area (Å²) in [6.07, 6.45) is -5.48. The van der Waals surface area contributed by atoms with Gasteiger partial charge in [-0.15, -0.1) is 0 Å². The van der Waals surface area contributed by atoms with Crippen LogP contribution in [0.4, 0.5) is 13.2 Å². The Labute approximate surface area is 147 Å². The lowest BCUT2D eigenvalue weighted by Crippen LogP contribution is -2.36. The van der Waals surface area contributed by atoms with Crippen molar-refractivity contribution in [3.63, 3.8) is 0 Å². The number of hydrogen-bond donors (Lipinski definition) is 2. The van der Waals surface area contributed by atoms with E-state index in [1.807, 2.05) is 0 Å². The molecule has 0 bridgehead atoms. The molecule has 2 aromatic rings. The smallest absolute Gasteiger partial charge is 0.416 e. The third kappa shape index (κ3) is 5.48. The van der Waals surface area contributed by atoms with Crippen LogP contribution in [0.1, 0.15) is 22.6 Å². The van der Waals surface area contributed by atoms with Gasteiger partial charge in [-0.25, -0.2) is 0 Å². The third-order valence-corrected chi connectivity index (χ3v) is 3.66. The van der Waals surface area contributed by atoms with Crippen molar-refractivity contribution < 1.29 is 32.3 Å². The zero-order chi connectivity index (χ0) is 19.3. The Kier molecular flexibility index (Phi) is 6.25. The first-order chi connectivity index (χ1) is 12.2. The zero-order valence-electron chi connectivity index (χ0n) is 14.3. The summed E-state index contributed by atoms with van der Waals surface area (Å²) in [5.74, 6) is 0.199. The summed E-state index contributed by atoms with van der Waals surface area (Å²) in [7, 11) is 0. The topological polar surface area (TPSA) is 84.6 Å². The molecule has 0 saturated carbocycles. The second-order valence-electron chi connectivity index (χ2n) is 5.77. The molecule has 1 aromatic carbocycles. The van der Waals surface area contributed by atoms with Gasteiger partial charge in [0.2, 0.25) is 5.91 Å². The number of alkyl halides is 3. The normalized spacial score (nSPS) is 12.7. The van der Waals surface area contributed by atoms with Crippen LogP contribution in [0, 0.1) is 13.8 Å². The molecule has 1 heterocycles.